The Bertz CT molecular complexity index is 1530. The summed E-state index contributed by atoms with van der Waals surface area (Å²) in [6.45, 7) is 0.677. The van der Waals surface area contributed by atoms with Crippen LogP contribution < -0.4 is 10.5 Å². The predicted octanol–water partition coefficient (Wildman–Crippen LogP) is 3.82. The molecule has 34 heavy (non-hydrogen) atoms. The Morgan fingerprint density at radius 2 is 2.03 bits per heavy atom. The van der Waals surface area contributed by atoms with Gasteiger partial charge in [-0.05, 0) is 29.9 Å². The van der Waals surface area contributed by atoms with E-state index in [-0.39, 0.29) is 68.7 Å². The SMILES string of the molecule is N#Cc1c(N)sc2c(F)cnc(-c3c4c(c5cnc(OCC6CC(O)C6)nc5c3F)COC4)c12. The van der Waals surface area contributed by atoms with Crippen LogP contribution in [0.3, 0.4) is 0 Å². The third-order valence-electron chi connectivity index (χ3n) is 6.38. The summed E-state index contributed by atoms with van der Waals surface area (Å²) in [5.74, 6) is -1.11. The molecule has 0 atom stereocenters. The monoisotopic (exact) mass is 481 g/mol. The van der Waals surface area contributed by atoms with Crippen molar-refractivity contribution in [2.75, 3.05) is 12.3 Å². The first-order valence-electron chi connectivity index (χ1n) is 10.6. The largest absolute Gasteiger partial charge is 0.463 e. The van der Waals surface area contributed by atoms with Crippen LogP contribution in [-0.2, 0) is 18.0 Å². The summed E-state index contributed by atoms with van der Waals surface area (Å²) in [6, 6.07) is 2.01. The minimum Gasteiger partial charge on any atom is -0.463 e. The molecule has 3 N–H and O–H groups in total. The first-order valence-corrected chi connectivity index (χ1v) is 11.4. The van der Waals surface area contributed by atoms with Crippen LogP contribution in [0.25, 0.3) is 32.2 Å². The zero-order valence-corrected chi connectivity index (χ0v) is 18.5. The Balaban J connectivity index is 1.55. The van der Waals surface area contributed by atoms with Gasteiger partial charge in [0.2, 0.25) is 0 Å². The molecular formula is C23H17F2N5O3S. The highest BCUT2D eigenvalue weighted by atomic mass is 32.1. The Morgan fingerprint density at radius 3 is 2.79 bits per heavy atom. The third kappa shape index (κ3) is 3.10. The molecule has 0 amide bonds. The number of aliphatic hydroxyl groups excluding tert-OH is 1. The summed E-state index contributed by atoms with van der Waals surface area (Å²) in [7, 11) is 0. The average Bonchev–Trinajstić information content (AvgIpc) is 3.42. The van der Waals surface area contributed by atoms with Crippen molar-refractivity contribution in [1.29, 1.82) is 5.26 Å². The Kier molecular flexibility index (Phi) is 4.84. The van der Waals surface area contributed by atoms with Crippen molar-refractivity contribution in [3.05, 3.63) is 40.7 Å². The highest BCUT2D eigenvalue weighted by Gasteiger charge is 2.31. The first kappa shape index (κ1) is 21.1. The molecule has 4 heterocycles. The number of thiophene rings is 1. The second-order valence-electron chi connectivity index (χ2n) is 8.47. The van der Waals surface area contributed by atoms with E-state index < -0.39 is 11.6 Å². The quantitative estimate of drug-likeness (QED) is 0.450. The fourth-order valence-corrected chi connectivity index (χ4v) is 5.55. The summed E-state index contributed by atoms with van der Waals surface area (Å²) in [5.41, 5.74) is 7.52. The van der Waals surface area contributed by atoms with Crippen molar-refractivity contribution in [3.8, 4) is 23.3 Å². The predicted molar refractivity (Wildman–Crippen MR) is 120 cm³/mol. The van der Waals surface area contributed by atoms with E-state index >= 15 is 4.39 Å². The number of halogens is 2. The summed E-state index contributed by atoms with van der Waals surface area (Å²) in [5, 5.41) is 19.9. The minimum absolute atomic E-state index is 0.0207. The molecule has 172 valence electrons. The van der Waals surface area contributed by atoms with E-state index in [4.69, 9.17) is 15.2 Å². The fourth-order valence-electron chi connectivity index (χ4n) is 4.63. The molecule has 0 unspecified atom stereocenters. The van der Waals surface area contributed by atoms with Gasteiger partial charge in [-0.1, -0.05) is 0 Å². The second kappa shape index (κ2) is 7.80. The molecule has 1 aromatic carbocycles. The number of pyridine rings is 1. The van der Waals surface area contributed by atoms with Crippen molar-refractivity contribution >= 4 is 37.3 Å². The fraction of sp³-hybridized carbons (Fsp3) is 0.304. The van der Waals surface area contributed by atoms with Crippen LogP contribution in [0.5, 0.6) is 6.01 Å². The summed E-state index contributed by atoms with van der Waals surface area (Å²) < 4.78 is 42.0. The molecule has 1 aliphatic carbocycles. The molecule has 0 radical (unpaired) electrons. The molecule has 6 rings (SSSR count). The van der Waals surface area contributed by atoms with Gasteiger partial charge >= 0.3 is 6.01 Å². The average molecular weight is 481 g/mol. The van der Waals surface area contributed by atoms with E-state index in [0.29, 0.717) is 36.0 Å². The maximum Gasteiger partial charge on any atom is 0.317 e. The Morgan fingerprint density at radius 1 is 1.24 bits per heavy atom. The highest BCUT2D eigenvalue weighted by molar-refractivity contribution is 7.23. The van der Waals surface area contributed by atoms with E-state index in [0.717, 1.165) is 17.5 Å². The van der Waals surface area contributed by atoms with Gasteiger partial charge in [-0.3, -0.25) is 4.98 Å². The Labute approximate surface area is 195 Å². The lowest BCUT2D eigenvalue weighted by Gasteiger charge is -2.30. The molecule has 3 aromatic heterocycles. The van der Waals surface area contributed by atoms with Crippen molar-refractivity contribution in [1.82, 2.24) is 15.0 Å². The van der Waals surface area contributed by atoms with E-state index in [9.17, 15) is 14.8 Å². The number of nitrogens with zero attached hydrogens (tertiary/aromatic N) is 4. The Hall–Kier alpha value is -3.46. The molecule has 1 aliphatic heterocycles. The molecule has 1 saturated carbocycles. The first-order chi connectivity index (χ1) is 16.5. The molecule has 8 nitrogen and oxygen atoms in total. The number of benzene rings is 1. The summed E-state index contributed by atoms with van der Waals surface area (Å²) in [4.78, 5) is 12.7. The number of fused-ring (bicyclic) bond motifs is 4. The third-order valence-corrected chi connectivity index (χ3v) is 7.41. The number of nitrogen functional groups attached to an aromatic ring is 1. The molecule has 1 fully saturated rings. The molecule has 0 bridgehead atoms. The number of ether oxygens (including phenoxy) is 2. The maximum atomic E-state index is 16.1. The summed E-state index contributed by atoms with van der Waals surface area (Å²) in [6.07, 6.45) is 3.49. The lowest BCUT2D eigenvalue weighted by atomic mass is 9.83. The number of nitriles is 1. The molecule has 11 heteroatoms. The topological polar surface area (TPSA) is 127 Å². The smallest absolute Gasteiger partial charge is 0.317 e. The highest BCUT2D eigenvalue weighted by Crippen LogP contribution is 2.45. The lowest BCUT2D eigenvalue weighted by molar-refractivity contribution is 0.0186. The number of hydrogen-bond donors (Lipinski definition) is 2. The summed E-state index contributed by atoms with van der Waals surface area (Å²) >= 11 is 0.924. The van der Waals surface area contributed by atoms with Crippen molar-refractivity contribution in [3.63, 3.8) is 0 Å². The number of aromatic nitrogens is 3. The van der Waals surface area contributed by atoms with E-state index in [1.165, 1.54) is 6.20 Å². The maximum absolute atomic E-state index is 16.1. The minimum atomic E-state index is -0.681. The van der Waals surface area contributed by atoms with Gasteiger partial charge in [0.05, 0.1) is 48.1 Å². The van der Waals surface area contributed by atoms with Crippen LogP contribution in [0.1, 0.15) is 29.5 Å². The zero-order valence-electron chi connectivity index (χ0n) is 17.6. The molecule has 2 aliphatic rings. The molecule has 4 aromatic rings. The van der Waals surface area contributed by atoms with Crippen LogP contribution in [0.4, 0.5) is 13.8 Å². The second-order valence-corrected chi connectivity index (χ2v) is 9.52. The molecular weight excluding hydrogens is 464 g/mol. The van der Waals surface area contributed by atoms with Gasteiger partial charge in [-0.2, -0.15) is 10.2 Å². The van der Waals surface area contributed by atoms with Crippen molar-refractivity contribution < 1.29 is 23.4 Å². The van der Waals surface area contributed by atoms with E-state index in [1.54, 1.807) is 0 Å². The zero-order chi connectivity index (χ0) is 23.6. The van der Waals surface area contributed by atoms with Crippen LogP contribution >= 0.6 is 11.3 Å². The number of anilines is 1. The van der Waals surface area contributed by atoms with E-state index in [2.05, 4.69) is 15.0 Å². The van der Waals surface area contributed by atoms with Crippen molar-refractivity contribution in [2.24, 2.45) is 5.92 Å². The van der Waals surface area contributed by atoms with Crippen molar-refractivity contribution in [2.45, 2.75) is 32.2 Å². The van der Waals surface area contributed by atoms with Gasteiger partial charge in [-0.25, -0.2) is 13.8 Å². The van der Waals surface area contributed by atoms with Crippen LogP contribution in [0.2, 0.25) is 0 Å². The van der Waals surface area contributed by atoms with Gasteiger partial charge in [-0.15, -0.1) is 11.3 Å². The van der Waals surface area contributed by atoms with Crippen LogP contribution in [0.15, 0.2) is 12.4 Å². The standard InChI is InChI=1S/C23H17F2N5O3S/c24-15-5-28-20(17-11(3-26)22(27)34-21(15)17)16-14-8-32-7-13(14)12-4-29-23(30-19(12)18(16)25)33-6-9-1-10(31)2-9/h4-5,9-10,31H,1-2,6-8,27H2. The lowest BCUT2D eigenvalue weighted by Crippen LogP contribution is -2.32. The molecule has 0 saturated heterocycles. The van der Waals surface area contributed by atoms with Gasteiger partial charge in [0, 0.05) is 22.5 Å². The molecule has 0 spiro atoms. The number of hydrogen-bond acceptors (Lipinski definition) is 9. The van der Waals surface area contributed by atoms with Crippen LogP contribution in [0, 0.1) is 28.9 Å². The number of rotatable bonds is 4. The van der Waals surface area contributed by atoms with Gasteiger partial charge in [0.15, 0.2) is 11.6 Å². The van der Waals surface area contributed by atoms with Gasteiger partial charge in [0.25, 0.3) is 0 Å². The number of aliphatic hydroxyl groups is 1. The van der Waals surface area contributed by atoms with Crippen LogP contribution in [-0.4, -0.2) is 32.8 Å². The van der Waals surface area contributed by atoms with Gasteiger partial charge in [0.1, 0.15) is 16.6 Å². The number of nitrogens with two attached hydrogens (primary N) is 1. The van der Waals surface area contributed by atoms with E-state index in [1.807, 2.05) is 6.07 Å². The normalized spacial score (nSPS) is 19.2. The van der Waals surface area contributed by atoms with Gasteiger partial charge < -0.3 is 20.3 Å².